The first-order valence-corrected chi connectivity index (χ1v) is 7.22. The Bertz CT molecular complexity index is 538. The molecule has 1 aromatic rings. The molecule has 0 aliphatic carbocycles. The van der Waals surface area contributed by atoms with E-state index >= 15 is 0 Å². The van der Waals surface area contributed by atoms with E-state index < -0.39 is 15.8 Å². The van der Waals surface area contributed by atoms with E-state index in [1.54, 1.807) is 0 Å². The van der Waals surface area contributed by atoms with Gasteiger partial charge in [0.15, 0.2) is 0 Å². The molecular formula is C11H15NO5S. The molecule has 7 heteroatoms. The summed E-state index contributed by atoms with van der Waals surface area (Å²) in [5, 5.41) is 11.8. The molecular weight excluding hydrogens is 258 g/mol. The molecule has 18 heavy (non-hydrogen) atoms. The first kappa shape index (κ1) is 14.3. The Kier molecular flexibility index (Phi) is 4.55. The number of carboxylic acid groups (broad SMARTS) is 1. The van der Waals surface area contributed by atoms with Crippen molar-refractivity contribution in [2.45, 2.75) is 0 Å². The molecule has 0 atom stereocenters. The monoisotopic (exact) mass is 273 g/mol. The molecule has 6 nitrogen and oxygen atoms in total. The van der Waals surface area contributed by atoms with E-state index in [0.29, 0.717) is 11.4 Å². The van der Waals surface area contributed by atoms with Crippen molar-refractivity contribution in [1.82, 2.24) is 0 Å². The van der Waals surface area contributed by atoms with Crippen molar-refractivity contribution in [1.29, 1.82) is 0 Å². The van der Waals surface area contributed by atoms with Gasteiger partial charge in [0.05, 0.1) is 24.1 Å². The second-order valence-corrected chi connectivity index (χ2v) is 6.03. The van der Waals surface area contributed by atoms with Crippen molar-refractivity contribution in [3.05, 3.63) is 23.8 Å². The van der Waals surface area contributed by atoms with Crippen molar-refractivity contribution >= 4 is 21.5 Å². The van der Waals surface area contributed by atoms with Crippen LogP contribution in [0.1, 0.15) is 10.4 Å². The van der Waals surface area contributed by atoms with Crippen molar-refractivity contribution in [2.24, 2.45) is 0 Å². The molecule has 0 aliphatic heterocycles. The lowest BCUT2D eigenvalue weighted by Gasteiger charge is -2.10. The van der Waals surface area contributed by atoms with Gasteiger partial charge in [-0.05, 0) is 12.1 Å². The van der Waals surface area contributed by atoms with Crippen LogP contribution in [0.5, 0.6) is 5.75 Å². The molecule has 100 valence electrons. The summed E-state index contributed by atoms with van der Waals surface area (Å²) >= 11 is 0. The normalized spacial score (nSPS) is 11.0. The van der Waals surface area contributed by atoms with Crippen LogP contribution in [-0.4, -0.2) is 45.2 Å². The molecule has 0 fully saturated rings. The van der Waals surface area contributed by atoms with Crippen LogP contribution in [0.3, 0.4) is 0 Å². The van der Waals surface area contributed by atoms with Crippen molar-refractivity contribution in [3.8, 4) is 5.75 Å². The second kappa shape index (κ2) is 5.72. The molecule has 2 N–H and O–H groups in total. The molecule has 1 aromatic carbocycles. The number of carboxylic acids is 1. The number of hydrogen-bond donors (Lipinski definition) is 2. The number of nitrogens with one attached hydrogen (secondary N) is 1. The number of sulfone groups is 1. The number of rotatable bonds is 6. The summed E-state index contributed by atoms with van der Waals surface area (Å²) in [6, 6.07) is 4.46. The van der Waals surface area contributed by atoms with Gasteiger partial charge in [0, 0.05) is 18.9 Å². The summed E-state index contributed by atoms with van der Waals surface area (Å²) < 4.78 is 27.0. The van der Waals surface area contributed by atoms with Crippen LogP contribution in [-0.2, 0) is 9.84 Å². The third kappa shape index (κ3) is 4.25. The van der Waals surface area contributed by atoms with Gasteiger partial charge < -0.3 is 15.2 Å². The van der Waals surface area contributed by atoms with Gasteiger partial charge in [-0.1, -0.05) is 0 Å². The summed E-state index contributed by atoms with van der Waals surface area (Å²) in [6.07, 6.45) is 1.12. The lowest BCUT2D eigenvalue weighted by Crippen LogP contribution is -2.15. The minimum atomic E-state index is -3.08. The van der Waals surface area contributed by atoms with Crippen LogP contribution < -0.4 is 10.1 Å². The smallest absolute Gasteiger partial charge is 0.337 e. The highest BCUT2D eigenvalue weighted by atomic mass is 32.2. The molecule has 0 bridgehead atoms. The molecule has 1 rings (SSSR count). The zero-order chi connectivity index (χ0) is 13.8. The number of benzene rings is 1. The third-order valence-electron chi connectivity index (χ3n) is 2.25. The maximum absolute atomic E-state index is 11.0. The number of ether oxygens (including phenoxy) is 1. The molecule has 0 aliphatic rings. The number of anilines is 1. The van der Waals surface area contributed by atoms with Gasteiger partial charge >= 0.3 is 5.97 Å². The maximum Gasteiger partial charge on any atom is 0.337 e. The third-order valence-corrected chi connectivity index (χ3v) is 3.19. The Morgan fingerprint density at radius 2 is 2.11 bits per heavy atom. The fourth-order valence-electron chi connectivity index (χ4n) is 1.35. The van der Waals surface area contributed by atoms with Gasteiger partial charge in [0.2, 0.25) is 0 Å². The van der Waals surface area contributed by atoms with Gasteiger partial charge in [-0.25, -0.2) is 13.2 Å². The highest BCUT2D eigenvalue weighted by Gasteiger charge is 2.11. The molecule has 0 unspecified atom stereocenters. The summed E-state index contributed by atoms with van der Waals surface area (Å²) in [5.74, 6) is -0.648. The van der Waals surface area contributed by atoms with Crippen LogP contribution in [0.15, 0.2) is 18.2 Å². The molecule has 0 heterocycles. The van der Waals surface area contributed by atoms with Crippen LogP contribution >= 0.6 is 0 Å². The van der Waals surface area contributed by atoms with E-state index in [-0.39, 0.29) is 17.9 Å². The SMILES string of the molecule is COc1ccc(C(=O)O)c(NCCS(C)(=O)=O)c1. The van der Waals surface area contributed by atoms with E-state index in [1.807, 2.05) is 0 Å². The Morgan fingerprint density at radius 1 is 1.44 bits per heavy atom. The van der Waals surface area contributed by atoms with Gasteiger partial charge in [-0.2, -0.15) is 0 Å². The van der Waals surface area contributed by atoms with Crippen molar-refractivity contribution < 1.29 is 23.1 Å². The van der Waals surface area contributed by atoms with Gasteiger partial charge in [0.1, 0.15) is 15.6 Å². The zero-order valence-electron chi connectivity index (χ0n) is 10.1. The molecule has 0 amide bonds. The Hall–Kier alpha value is -1.76. The van der Waals surface area contributed by atoms with Crippen molar-refractivity contribution in [2.75, 3.05) is 31.0 Å². The number of hydrogen-bond acceptors (Lipinski definition) is 5. The first-order valence-electron chi connectivity index (χ1n) is 5.16. The molecule has 0 saturated heterocycles. The fourth-order valence-corrected chi connectivity index (χ4v) is 1.83. The first-order chi connectivity index (χ1) is 8.33. The quantitative estimate of drug-likeness (QED) is 0.798. The van der Waals surface area contributed by atoms with Gasteiger partial charge in [-0.15, -0.1) is 0 Å². The van der Waals surface area contributed by atoms with Crippen LogP contribution in [0.25, 0.3) is 0 Å². The molecule has 0 spiro atoms. The second-order valence-electron chi connectivity index (χ2n) is 3.77. The highest BCUT2D eigenvalue weighted by molar-refractivity contribution is 7.90. The fraction of sp³-hybridized carbons (Fsp3) is 0.364. The average Bonchev–Trinajstić information content (AvgIpc) is 2.26. The van der Waals surface area contributed by atoms with E-state index in [9.17, 15) is 13.2 Å². The van der Waals surface area contributed by atoms with E-state index in [1.165, 1.54) is 25.3 Å². The predicted molar refractivity (Wildman–Crippen MR) is 68.2 cm³/mol. The highest BCUT2D eigenvalue weighted by Crippen LogP contribution is 2.22. The largest absolute Gasteiger partial charge is 0.497 e. The van der Waals surface area contributed by atoms with Crippen LogP contribution in [0, 0.1) is 0 Å². The Balaban J connectivity index is 2.87. The Morgan fingerprint density at radius 3 is 2.61 bits per heavy atom. The standard InChI is InChI=1S/C11H15NO5S/c1-17-8-3-4-9(11(13)14)10(7-8)12-5-6-18(2,15)16/h3-4,7,12H,5-6H2,1-2H3,(H,13,14). The summed E-state index contributed by atoms with van der Waals surface area (Å²) in [7, 11) is -1.62. The lowest BCUT2D eigenvalue weighted by atomic mass is 10.1. The lowest BCUT2D eigenvalue weighted by molar-refractivity contribution is 0.0698. The Labute approximate surface area is 106 Å². The average molecular weight is 273 g/mol. The topological polar surface area (TPSA) is 92.7 Å². The molecule has 0 radical (unpaired) electrons. The number of carbonyl (C=O) groups is 1. The van der Waals surface area contributed by atoms with Gasteiger partial charge in [-0.3, -0.25) is 0 Å². The predicted octanol–water partition coefficient (Wildman–Crippen LogP) is 0.850. The van der Waals surface area contributed by atoms with E-state index in [0.717, 1.165) is 6.26 Å². The minimum absolute atomic E-state index is 0.0662. The summed E-state index contributed by atoms with van der Waals surface area (Å²) in [4.78, 5) is 11.0. The maximum atomic E-state index is 11.0. The zero-order valence-corrected chi connectivity index (χ0v) is 11.0. The van der Waals surface area contributed by atoms with Crippen molar-refractivity contribution in [3.63, 3.8) is 0 Å². The number of methoxy groups -OCH3 is 1. The van der Waals surface area contributed by atoms with E-state index in [4.69, 9.17) is 9.84 Å². The summed E-state index contributed by atoms with van der Waals surface area (Å²) in [5.41, 5.74) is 0.412. The molecule has 0 aromatic heterocycles. The number of aromatic carboxylic acids is 1. The van der Waals surface area contributed by atoms with E-state index in [2.05, 4.69) is 5.32 Å². The summed E-state index contributed by atoms with van der Waals surface area (Å²) in [6.45, 7) is 0.145. The van der Waals surface area contributed by atoms with Crippen LogP contribution in [0.2, 0.25) is 0 Å². The van der Waals surface area contributed by atoms with Crippen LogP contribution in [0.4, 0.5) is 5.69 Å². The van der Waals surface area contributed by atoms with Gasteiger partial charge in [0.25, 0.3) is 0 Å². The minimum Gasteiger partial charge on any atom is -0.497 e. The molecule has 0 saturated carbocycles.